The molecule has 12 heteroatoms. The van der Waals surface area contributed by atoms with Gasteiger partial charge in [0.25, 0.3) is 10.0 Å². The Labute approximate surface area is 211 Å². The van der Waals surface area contributed by atoms with Gasteiger partial charge in [0, 0.05) is 18.7 Å². The highest BCUT2D eigenvalue weighted by atomic mass is 32.2. The van der Waals surface area contributed by atoms with Crippen molar-refractivity contribution in [2.45, 2.75) is 37.4 Å². The third-order valence-electron chi connectivity index (χ3n) is 5.48. The number of hydrogen-bond acceptors (Lipinski definition) is 5. The van der Waals surface area contributed by atoms with E-state index in [1.807, 2.05) is 0 Å². The van der Waals surface area contributed by atoms with Crippen molar-refractivity contribution in [1.29, 1.82) is 0 Å². The monoisotopic (exact) mass is 539 g/mol. The lowest BCUT2D eigenvalue weighted by molar-refractivity contribution is -0.140. The van der Waals surface area contributed by atoms with E-state index in [1.54, 1.807) is 31.2 Å². The Hall–Kier alpha value is -3.80. The quantitative estimate of drug-likeness (QED) is 0.268. The van der Waals surface area contributed by atoms with Crippen LogP contribution in [0.15, 0.2) is 59.5 Å². The smallest absolute Gasteiger partial charge is 0.419 e. The van der Waals surface area contributed by atoms with Gasteiger partial charge in [-0.25, -0.2) is 12.8 Å². The summed E-state index contributed by atoms with van der Waals surface area (Å²) in [6.07, 6.45) is -4.57. The van der Waals surface area contributed by atoms with Crippen LogP contribution in [-0.2, 0) is 34.0 Å². The molecule has 0 bridgehead atoms. The van der Waals surface area contributed by atoms with Crippen molar-refractivity contribution >= 4 is 27.3 Å². The standard InChI is InChI=1S/C25H25F4N3O4S/c1-15-11-18(30)6-8-21(15)32-37(34,35)23-9-4-16(13-22(23)36-2)5-10-24(33)31-14-17-3-7-19(20(26)12-17)25(27,28)29/h3-4,6-9,11-13,32H,5,10,14,30H2,1-2H3,(H,31,33). The molecule has 0 saturated carbocycles. The van der Waals surface area contributed by atoms with Gasteiger partial charge in [0.1, 0.15) is 16.5 Å². The van der Waals surface area contributed by atoms with Crippen LogP contribution >= 0.6 is 0 Å². The number of alkyl halides is 3. The number of sulfonamides is 1. The fourth-order valence-electron chi connectivity index (χ4n) is 3.54. The molecule has 1 amide bonds. The summed E-state index contributed by atoms with van der Waals surface area (Å²) >= 11 is 0. The van der Waals surface area contributed by atoms with Gasteiger partial charge in [0.15, 0.2) is 0 Å². The average molecular weight is 540 g/mol. The summed E-state index contributed by atoms with van der Waals surface area (Å²) in [5, 5.41) is 2.52. The summed E-state index contributed by atoms with van der Waals surface area (Å²) in [7, 11) is -2.67. The molecule has 0 heterocycles. The molecular formula is C25H25F4N3O4S. The number of carbonyl (C=O) groups is 1. The van der Waals surface area contributed by atoms with Crippen LogP contribution in [0.25, 0.3) is 0 Å². The van der Waals surface area contributed by atoms with Gasteiger partial charge >= 0.3 is 6.18 Å². The topological polar surface area (TPSA) is 111 Å². The van der Waals surface area contributed by atoms with Gasteiger partial charge < -0.3 is 15.8 Å². The van der Waals surface area contributed by atoms with E-state index in [1.165, 1.54) is 19.2 Å². The Bertz CT molecular complexity index is 1410. The number of methoxy groups -OCH3 is 1. The molecule has 0 radical (unpaired) electrons. The van der Waals surface area contributed by atoms with E-state index in [0.29, 0.717) is 28.6 Å². The number of amides is 1. The number of nitrogen functional groups attached to an aromatic ring is 1. The number of benzene rings is 3. The van der Waals surface area contributed by atoms with Crippen molar-refractivity contribution in [3.8, 4) is 5.75 Å². The van der Waals surface area contributed by atoms with Crippen molar-refractivity contribution in [2.75, 3.05) is 17.6 Å². The van der Waals surface area contributed by atoms with E-state index in [9.17, 15) is 30.8 Å². The molecule has 3 aromatic carbocycles. The van der Waals surface area contributed by atoms with Gasteiger partial charge in [0.05, 0.1) is 18.4 Å². The van der Waals surface area contributed by atoms with Crippen LogP contribution in [0.2, 0.25) is 0 Å². The normalized spacial score (nSPS) is 11.7. The van der Waals surface area contributed by atoms with Gasteiger partial charge in [-0.05, 0) is 72.5 Å². The van der Waals surface area contributed by atoms with Crippen LogP contribution in [0.3, 0.4) is 0 Å². The summed E-state index contributed by atoms with van der Waals surface area (Å²) in [5.74, 6) is -1.75. The number of carbonyl (C=O) groups excluding carboxylic acids is 1. The summed E-state index contributed by atoms with van der Waals surface area (Å²) in [5.41, 5.74) is 6.64. The maximum Gasteiger partial charge on any atom is 0.419 e. The van der Waals surface area contributed by atoms with E-state index >= 15 is 0 Å². The maximum absolute atomic E-state index is 13.7. The summed E-state index contributed by atoms with van der Waals surface area (Å²) in [6, 6.07) is 11.6. The number of rotatable bonds is 9. The molecule has 0 atom stereocenters. The minimum atomic E-state index is -4.80. The number of nitrogens with one attached hydrogen (secondary N) is 2. The molecule has 3 rings (SSSR count). The fourth-order valence-corrected chi connectivity index (χ4v) is 4.82. The lowest BCUT2D eigenvalue weighted by Gasteiger charge is -2.14. The average Bonchev–Trinajstić information content (AvgIpc) is 2.82. The zero-order valence-electron chi connectivity index (χ0n) is 19.9. The molecule has 198 valence electrons. The minimum Gasteiger partial charge on any atom is -0.495 e. The Morgan fingerprint density at radius 2 is 1.73 bits per heavy atom. The van der Waals surface area contributed by atoms with Gasteiger partial charge in [-0.1, -0.05) is 12.1 Å². The highest BCUT2D eigenvalue weighted by Gasteiger charge is 2.33. The number of nitrogens with two attached hydrogens (primary N) is 1. The number of halogens is 4. The molecule has 0 unspecified atom stereocenters. The molecule has 0 spiro atoms. The van der Waals surface area contributed by atoms with E-state index in [0.717, 1.165) is 12.1 Å². The van der Waals surface area contributed by atoms with Crippen LogP contribution in [0.1, 0.15) is 28.7 Å². The molecule has 0 aromatic heterocycles. The first kappa shape index (κ1) is 27.8. The Kier molecular flexibility index (Phi) is 8.32. The highest BCUT2D eigenvalue weighted by Crippen LogP contribution is 2.32. The van der Waals surface area contributed by atoms with Gasteiger partial charge in [0.2, 0.25) is 5.91 Å². The SMILES string of the molecule is COc1cc(CCC(=O)NCc2ccc(C(F)(F)F)c(F)c2)ccc1S(=O)(=O)Nc1ccc(N)cc1C. The highest BCUT2D eigenvalue weighted by molar-refractivity contribution is 7.92. The first-order chi connectivity index (χ1) is 17.3. The Morgan fingerprint density at radius 1 is 1.03 bits per heavy atom. The maximum atomic E-state index is 13.7. The first-order valence-electron chi connectivity index (χ1n) is 11.0. The van der Waals surface area contributed by atoms with Crippen LogP contribution in [0.4, 0.5) is 28.9 Å². The second kappa shape index (κ2) is 11.1. The van der Waals surface area contributed by atoms with Gasteiger partial charge in [-0.3, -0.25) is 9.52 Å². The predicted molar refractivity (Wildman–Crippen MR) is 131 cm³/mol. The van der Waals surface area contributed by atoms with Crippen LogP contribution in [0.5, 0.6) is 5.75 Å². The largest absolute Gasteiger partial charge is 0.495 e. The Balaban J connectivity index is 1.62. The second-order valence-electron chi connectivity index (χ2n) is 8.25. The second-order valence-corrected chi connectivity index (χ2v) is 9.90. The zero-order chi connectivity index (χ0) is 27.4. The van der Waals surface area contributed by atoms with Crippen molar-refractivity contribution in [2.24, 2.45) is 0 Å². The third-order valence-corrected chi connectivity index (χ3v) is 6.89. The summed E-state index contributed by atoms with van der Waals surface area (Å²) < 4.78 is 85.3. The summed E-state index contributed by atoms with van der Waals surface area (Å²) in [6.45, 7) is 1.57. The number of hydrogen-bond donors (Lipinski definition) is 3. The first-order valence-corrected chi connectivity index (χ1v) is 12.5. The lowest BCUT2D eigenvalue weighted by Crippen LogP contribution is -2.23. The Morgan fingerprint density at radius 3 is 2.35 bits per heavy atom. The van der Waals surface area contributed by atoms with Crippen LogP contribution in [0, 0.1) is 12.7 Å². The lowest BCUT2D eigenvalue weighted by atomic mass is 10.1. The molecule has 37 heavy (non-hydrogen) atoms. The molecule has 0 fully saturated rings. The molecule has 0 saturated heterocycles. The zero-order valence-corrected chi connectivity index (χ0v) is 20.8. The molecule has 3 aromatic rings. The summed E-state index contributed by atoms with van der Waals surface area (Å²) in [4.78, 5) is 12.1. The minimum absolute atomic E-state index is 0.00124. The van der Waals surface area contributed by atoms with E-state index in [-0.39, 0.29) is 35.6 Å². The van der Waals surface area contributed by atoms with E-state index in [2.05, 4.69) is 10.0 Å². The van der Waals surface area contributed by atoms with Gasteiger partial charge in [-0.15, -0.1) is 0 Å². The molecule has 0 aliphatic heterocycles. The van der Waals surface area contributed by atoms with E-state index in [4.69, 9.17) is 10.5 Å². The van der Waals surface area contributed by atoms with Gasteiger partial charge in [-0.2, -0.15) is 13.2 Å². The van der Waals surface area contributed by atoms with E-state index < -0.39 is 33.5 Å². The molecule has 0 aliphatic rings. The number of anilines is 2. The molecule has 4 N–H and O–H groups in total. The van der Waals surface area contributed by atoms with Crippen molar-refractivity contribution in [3.63, 3.8) is 0 Å². The number of aryl methyl sites for hydroxylation is 2. The molecule has 7 nitrogen and oxygen atoms in total. The molecular weight excluding hydrogens is 514 g/mol. The van der Waals surface area contributed by atoms with Crippen LogP contribution in [-0.4, -0.2) is 21.4 Å². The third kappa shape index (κ3) is 7.13. The van der Waals surface area contributed by atoms with Crippen LogP contribution < -0.4 is 20.5 Å². The van der Waals surface area contributed by atoms with Crippen molar-refractivity contribution < 1.29 is 35.5 Å². The fraction of sp³-hybridized carbons (Fsp3) is 0.240. The number of ether oxygens (including phenoxy) is 1. The predicted octanol–water partition coefficient (Wildman–Crippen LogP) is 4.79. The van der Waals surface area contributed by atoms with Crippen molar-refractivity contribution in [1.82, 2.24) is 5.32 Å². The molecule has 0 aliphatic carbocycles. The van der Waals surface area contributed by atoms with Crippen molar-refractivity contribution in [3.05, 3.63) is 82.7 Å².